The number of carbonyl (C=O) groups excluding carboxylic acids is 2. The predicted molar refractivity (Wildman–Crippen MR) is 122 cm³/mol. The first kappa shape index (κ1) is 24.4. The van der Waals surface area contributed by atoms with Crippen LogP contribution >= 0.6 is 0 Å². The zero-order valence-corrected chi connectivity index (χ0v) is 20.3. The number of nitrogens with zero attached hydrogens (tertiary/aromatic N) is 4. The highest BCUT2D eigenvalue weighted by atomic mass is 19.1. The summed E-state index contributed by atoms with van der Waals surface area (Å²) in [5.41, 5.74) is 0.337. The number of alkyl carbamates (subject to hydrolysis) is 1. The number of nitrogens with one attached hydrogen (secondary N) is 1. The second-order valence-electron chi connectivity index (χ2n) is 9.49. The monoisotopic (exact) mass is 485 g/mol. The van der Waals surface area contributed by atoms with Gasteiger partial charge in [0.15, 0.2) is 0 Å². The standard InChI is InChI=1S/C24H28FN5O5/c1-13-12-33-21(26-13)18-7-6-10-30(18)22(31)15-8-9-17(25)16(11-15)20-29-28-19(34-20)14(2)27-23(32)35-24(3,4)5/h8-9,11-12,14,18H,6-7,10H2,1-5H3,(H,27,32). The van der Waals surface area contributed by atoms with Gasteiger partial charge in [0.1, 0.15) is 29.8 Å². The van der Waals surface area contributed by atoms with Gasteiger partial charge in [-0.15, -0.1) is 10.2 Å². The van der Waals surface area contributed by atoms with Crippen molar-refractivity contribution in [1.82, 2.24) is 25.4 Å². The van der Waals surface area contributed by atoms with E-state index in [1.54, 1.807) is 38.9 Å². The molecule has 2 unspecified atom stereocenters. The molecule has 35 heavy (non-hydrogen) atoms. The number of hydrogen-bond donors (Lipinski definition) is 1. The van der Waals surface area contributed by atoms with Crippen molar-refractivity contribution in [1.29, 1.82) is 0 Å². The van der Waals surface area contributed by atoms with Gasteiger partial charge in [-0.2, -0.15) is 0 Å². The maximum atomic E-state index is 14.7. The molecular weight excluding hydrogens is 457 g/mol. The van der Waals surface area contributed by atoms with Crippen molar-refractivity contribution >= 4 is 12.0 Å². The lowest BCUT2D eigenvalue weighted by Crippen LogP contribution is -2.34. The predicted octanol–water partition coefficient (Wildman–Crippen LogP) is 4.74. The Morgan fingerprint density at radius 3 is 2.74 bits per heavy atom. The van der Waals surface area contributed by atoms with Gasteiger partial charge in [0.25, 0.3) is 11.8 Å². The van der Waals surface area contributed by atoms with E-state index >= 15 is 0 Å². The SMILES string of the molecule is Cc1coc(C2CCCN2C(=O)c2ccc(F)c(-c3nnc(C(C)NC(=O)OC(C)(C)C)o3)c2)n1. The molecule has 10 nitrogen and oxygen atoms in total. The Labute approximate surface area is 201 Å². The van der Waals surface area contributed by atoms with E-state index in [1.165, 1.54) is 18.2 Å². The van der Waals surface area contributed by atoms with Crippen LogP contribution in [0.5, 0.6) is 0 Å². The summed E-state index contributed by atoms with van der Waals surface area (Å²) in [6.45, 7) is 9.23. The third-order valence-corrected chi connectivity index (χ3v) is 5.42. The van der Waals surface area contributed by atoms with Crippen molar-refractivity contribution in [3.8, 4) is 11.5 Å². The number of halogens is 1. The maximum Gasteiger partial charge on any atom is 0.408 e. The minimum atomic E-state index is -0.673. The summed E-state index contributed by atoms with van der Waals surface area (Å²) in [6, 6.07) is 3.04. The molecule has 0 spiro atoms. The van der Waals surface area contributed by atoms with Gasteiger partial charge in [-0.1, -0.05) is 0 Å². The summed E-state index contributed by atoms with van der Waals surface area (Å²) in [5, 5.41) is 10.4. The van der Waals surface area contributed by atoms with E-state index in [2.05, 4.69) is 20.5 Å². The second-order valence-corrected chi connectivity index (χ2v) is 9.49. The molecule has 1 aliphatic heterocycles. The third-order valence-electron chi connectivity index (χ3n) is 5.42. The van der Waals surface area contributed by atoms with Gasteiger partial charge < -0.3 is 23.8 Å². The third kappa shape index (κ3) is 5.50. The number of carbonyl (C=O) groups is 2. The molecule has 1 fully saturated rings. The minimum Gasteiger partial charge on any atom is -0.446 e. The molecule has 11 heteroatoms. The number of ether oxygens (including phenoxy) is 1. The lowest BCUT2D eigenvalue weighted by molar-refractivity contribution is 0.0500. The van der Waals surface area contributed by atoms with Gasteiger partial charge in [0.05, 0.1) is 11.3 Å². The van der Waals surface area contributed by atoms with Crippen molar-refractivity contribution in [3.05, 3.63) is 53.3 Å². The van der Waals surface area contributed by atoms with Crippen LogP contribution in [0, 0.1) is 12.7 Å². The topological polar surface area (TPSA) is 124 Å². The molecule has 1 N–H and O–H groups in total. The molecule has 2 atom stereocenters. The van der Waals surface area contributed by atoms with Crippen LogP contribution in [-0.2, 0) is 4.74 Å². The van der Waals surface area contributed by atoms with Crippen LogP contribution in [0.15, 0.2) is 33.3 Å². The van der Waals surface area contributed by atoms with E-state index in [0.29, 0.717) is 12.4 Å². The Bertz CT molecular complexity index is 1230. The highest BCUT2D eigenvalue weighted by Crippen LogP contribution is 2.33. The van der Waals surface area contributed by atoms with Crippen molar-refractivity contribution in [3.63, 3.8) is 0 Å². The number of aryl methyl sites for hydroxylation is 1. The van der Waals surface area contributed by atoms with E-state index in [-0.39, 0.29) is 34.9 Å². The van der Waals surface area contributed by atoms with Gasteiger partial charge in [-0.05, 0) is 65.7 Å². The van der Waals surface area contributed by atoms with Crippen LogP contribution in [0.4, 0.5) is 9.18 Å². The fraction of sp³-hybridized carbons (Fsp3) is 0.458. The second kappa shape index (κ2) is 9.47. The number of likely N-dealkylation sites (tertiary alicyclic amines) is 1. The molecule has 4 rings (SSSR count). The Morgan fingerprint density at radius 2 is 2.06 bits per heavy atom. The highest BCUT2D eigenvalue weighted by molar-refractivity contribution is 5.95. The quantitative estimate of drug-likeness (QED) is 0.550. The van der Waals surface area contributed by atoms with Crippen molar-refractivity contribution < 1.29 is 27.6 Å². The largest absolute Gasteiger partial charge is 0.446 e. The van der Waals surface area contributed by atoms with E-state index in [9.17, 15) is 14.0 Å². The van der Waals surface area contributed by atoms with Crippen molar-refractivity contribution in [2.45, 2.75) is 65.1 Å². The van der Waals surface area contributed by atoms with Gasteiger partial charge in [0, 0.05) is 12.1 Å². The van der Waals surface area contributed by atoms with Crippen LogP contribution in [0.3, 0.4) is 0 Å². The zero-order chi connectivity index (χ0) is 25.3. The number of hydrogen-bond acceptors (Lipinski definition) is 8. The lowest BCUT2D eigenvalue weighted by atomic mass is 10.1. The minimum absolute atomic E-state index is 0.0122. The molecule has 3 heterocycles. The summed E-state index contributed by atoms with van der Waals surface area (Å²) in [6.07, 6.45) is 2.44. The van der Waals surface area contributed by atoms with Gasteiger partial charge in [-0.25, -0.2) is 14.2 Å². The van der Waals surface area contributed by atoms with E-state index < -0.39 is 23.6 Å². The molecule has 0 saturated carbocycles. The Hall–Kier alpha value is -3.76. The normalized spacial score (nSPS) is 16.9. The number of rotatable bonds is 5. The molecule has 1 saturated heterocycles. The number of aromatic nitrogens is 3. The Balaban J connectivity index is 1.52. The summed E-state index contributed by atoms with van der Waals surface area (Å²) in [5.74, 6) is -0.439. The van der Waals surface area contributed by atoms with E-state index in [0.717, 1.165) is 18.5 Å². The van der Waals surface area contributed by atoms with Crippen LogP contribution in [0.25, 0.3) is 11.5 Å². The van der Waals surface area contributed by atoms with Crippen molar-refractivity contribution in [2.24, 2.45) is 0 Å². The van der Waals surface area contributed by atoms with Crippen LogP contribution < -0.4 is 5.32 Å². The van der Waals surface area contributed by atoms with Crippen LogP contribution in [0.2, 0.25) is 0 Å². The molecule has 3 aromatic rings. The Morgan fingerprint density at radius 1 is 1.29 bits per heavy atom. The summed E-state index contributed by atoms with van der Waals surface area (Å²) < 4.78 is 31.0. The van der Waals surface area contributed by atoms with Crippen LogP contribution in [-0.4, -0.2) is 44.2 Å². The molecule has 2 amide bonds. The molecule has 0 radical (unpaired) electrons. The molecule has 1 aliphatic rings. The molecule has 2 aromatic heterocycles. The summed E-state index contributed by atoms with van der Waals surface area (Å²) in [4.78, 5) is 31.3. The van der Waals surface area contributed by atoms with E-state index in [1.807, 2.05) is 6.92 Å². The maximum absolute atomic E-state index is 14.7. The number of oxazole rings is 1. The van der Waals surface area contributed by atoms with Crippen molar-refractivity contribution in [2.75, 3.05) is 6.54 Å². The van der Waals surface area contributed by atoms with Gasteiger partial charge >= 0.3 is 6.09 Å². The average molecular weight is 486 g/mol. The molecular formula is C24H28FN5O5. The zero-order valence-electron chi connectivity index (χ0n) is 20.3. The first-order valence-corrected chi connectivity index (χ1v) is 11.4. The molecule has 1 aromatic carbocycles. The summed E-state index contributed by atoms with van der Waals surface area (Å²) in [7, 11) is 0. The smallest absolute Gasteiger partial charge is 0.408 e. The fourth-order valence-electron chi connectivity index (χ4n) is 3.84. The first-order chi connectivity index (χ1) is 16.5. The molecule has 0 bridgehead atoms. The van der Waals surface area contributed by atoms with Gasteiger partial charge in [0.2, 0.25) is 11.8 Å². The number of benzene rings is 1. The molecule has 186 valence electrons. The van der Waals surface area contributed by atoms with Gasteiger partial charge in [-0.3, -0.25) is 4.79 Å². The fourth-order valence-corrected chi connectivity index (χ4v) is 3.84. The Kier molecular flexibility index (Phi) is 6.60. The number of amides is 2. The lowest BCUT2D eigenvalue weighted by Gasteiger charge is -2.22. The first-order valence-electron chi connectivity index (χ1n) is 11.4. The average Bonchev–Trinajstić information content (AvgIpc) is 3.52. The van der Waals surface area contributed by atoms with E-state index in [4.69, 9.17) is 13.6 Å². The van der Waals surface area contributed by atoms with Crippen LogP contribution in [0.1, 0.15) is 80.5 Å². The molecule has 0 aliphatic carbocycles. The summed E-state index contributed by atoms with van der Waals surface area (Å²) >= 11 is 0. The highest BCUT2D eigenvalue weighted by Gasteiger charge is 2.34.